The van der Waals surface area contributed by atoms with E-state index < -0.39 is 5.56 Å². The van der Waals surface area contributed by atoms with Crippen molar-refractivity contribution in [3.05, 3.63) is 82.0 Å². The Balaban J connectivity index is 1.58. The number of fused-ring (bicyclic) bond motifs is 1. The monoisotopic (exact) mass is 403 g/mol. The predicted molar refractivity (Wildman–Crippen MR) is 114 cm³/mol. The van der Waals surface area contributed by atoms with E-state index in [1.54, 1.807) is 36.1 Å². The lowest BCUT2D eigenvalue weighted by Gasteiger charge is -2.09. The third kappa shape index (κ3) is 3.67. The second kappa shape index (κ2) is 7.82. The van der Waals surface area contributed by atoms with Crippen molar-refractivity contribution in [2.75, 3.05) is 12.5 Å². The minimum absolute atomic E-state index is 0.121. The molecular formula is C22H21N5O3. The molecular weight excluding hydrogens is 382 g/mol. The van der Waals surface area contributed by atoms with Gasteiger partial charge in [-0.15, -0.1) is 0 Å². The molecule has 152 valence electrons. The van der Waals surface area contributed by atoms with Crippen LogP contribution in [-0.2, 0) is 11.2 Å². The smallest absolute Gasteiger partial charge is 0.283 e. The van der Waals surface area contributed by atoms with E-state index in [9.17, 15) is 9.59 Å². The molecule has 4 rings (SSSR count). The lowest BCUT2D eigenvalue weighted by atomic mass is 10.1. The fourth-order valence-corrected chi connectivity index (χ4v) is 3.14. The molecule has 0 fully saturated rings. The Labute approximate surface area is 172 Å². The number of nitrogens with one attached hydrogen (secondary N) is 1. The van der Waals surface area contributed by atoms with Crippen LogP contribution in [0.1, 0.15) is 16.7 Å². The van der Waals surface area contributed by atoms with Gasteiger partial charge in [0.15, 0.2) is 5.65 Å². The van der Waals surface area contributed by atoms with E-state index in [0.29, 0.717) is 16.8 Å². The molecule has 30 heavy (non-hydrogen) atoms. The third-order valence-corrected chi connectivity index (χ3v) is 4.99. The second-order valence-corrected chi connectivity index (χ2v) is 7.04. The molecule has 1 N–H and O–H groups in total. The van der Waals surface area contributed by atoms with Gasteiger partial charge in [-0.25, -0.2) is 14.3 Å². The van der Waals surface area contributed by atoms with Gasteiger partial charge in [-0.2, -0.15) is 5.10 Å². The van der Waals surface area contributed by atoms with Crippen molar-refractivity contribution < 1.29 is 9.53 Å². The van der Waals surface area contributed by atoms with Gasteiger partial charge in [-0.05, 0) is 54.8 Å². The molecule has 0 aliphatic heterocycles. The van der Waals surface area contributed by atoms with E-state index in [1.165, 1.54) is 18.1 Å². The number of amides is 1. The maximum atomic E-state index is 12.8. The fourth-order valence-electron chi connectivity index (χ4n) is 3.14. The van der Waals surface area contributed by atoms with Crippen molar-refractivity contribution in [3.63, 3.8) is 0 Å². The van der Waals surface area contributed by atoms with Gasteiger partial charge >= 0.3 is 0 Å². The number of benzene rings is 2. The normalized spacial score (nSPS) is 10.9. The number of aryl methyl sites for hydroxylation is 2. The summed E-state index contributed by atoms with van der Waals surface area (Å²) in [5.74, 6) is 0.385. The first-order chi connectivity index (χ1) is 14.5. The molecule has 0 bridgehead atoms. The van der Waals surface area contributed by atoms with Crippen molar-refractivity contribution in [2.45, 2.75) is 20.3 Å². The third-order valence-electron chi connectivity index (χ3n) is 4.99. The second-order valence-electron chi connectivity index (χ2n) is 7.04. The Bertz CT molecular complexity index is 1290. The molecule has 0 unspecified atom stereocenters. The topological polar surface area (TPSA) is 91.0 Å². The van der Waals surface area contributed by atoms with Gasteiger partial charge in [0.1, 0.15) is 17.5 Å². The predicted octanol–water partition coefficient (Wildman–Crippen LogP) is 2.52. The molecule has 0 aliphatic rings. The maximum absolute atomic E-state index is 12.8. The zero-order valence-corrected chi connectivity index (χ0v) is 16.9. The van der Waals surface area contributed by atoms with Crippen LogP contribution in [-0.4, -0.2) is 32.5 Å². The molecule has 0 atom stereocenters. The molecule has 2 aromatic heterocycles. The minimum Gasteiger partial charge on any atom is -0.497 e. The highest BCUT2D eigenvalue weighted by atomic mass is 16.5. The Morgan fingerprint density at radius 3 is 2.57 bits per heavy atom. The molecule has 0 saturated heterocycles. The van der Waals surface area contributed by atoms with Crippen molar-refractivity contribution in [2.24, 2.45) is 0 Å². The van der Waals surface area contributed by atoms with Gasteiger partial charge < -0.3 is 4.74 Å². The van der Waals surface area contributed by atoms with E-state index in [2.05, 4.69) is 15.5 Å². The summed E-state index contributed by atoms with van der Waals surface area (Å²) in [5, 5.41) is 4.64. The summed E-state index contributed by atoms with van der Waals surface area (Å²) in [5.41, 5.74) is 6.54. The summed E-state index contributed by atoms with van der Waals surface area (Å²) in [6, 6.07) is 13.1. The zero-order valence-electron chi connectivity index (χ0n) is 16.9. The SMILES string of the molecule is COc1ccc(CC(=O)Nn2cnc3c(cnn3-c3ccc(C)c(C)c3)c2=O)cc1. The average Bonchev–Trinajstić information content (AvgIpc) is 3.17. The summed E-state index contributed by atoms with van der Waals surface area (Å²) >= 11 is 0. The van der Waals surface area contributed by atoms with Gasteiger partial charge in [0.25, 0.3) is 5.56 Å². The van der Waals surface area contributed by atoms with Gasteiger partial charge in [0.2, 0.25) is 5.91 Å². The van der Waals surface area contributed by atoms with E-state index in [0.717, 1.165) is 21.5 Å². The Kier molecular flexibility index (Phi) is 5.05. The number of hydrogen-bond acceptors (Lipinski definition) is 5. The number of carbonyl (C=O) groups is 1. The number of rotatable bonds is 5. The number of ether oxygens (including phenoxy) is 1. The largest absolute Gasteiger partial charge is 0.497 e. The highest BCUT2D eigenvalue weighted by molar-refractivity contribution is 5.86. The van der Waals surface area contributed by atoms with Crippen LogP contribution in [0.15, 0.2) is 59.8 Å². The Morgan fingerprint density at radius 2 is 1.87 bits per heavy atom. The molecule has 8 nitrogen and oxygen atoms in total. The van der Waals surface area contributed by atoms with Crippen LogP contribution in [0.3, 0.4) is 0 Å². The number of nitrogens with zero attached hydrogens (tertiary/aromatic N) is 4. The first kappa shape index (κ1) is 19.4. The van der Waals surface area contributed by atoms with Crippen LogP contribution in [0.4, 0.5) is 0 Å². The molecule has 0 radical (unpaired) electrons. The van der Waals surface area contributed by atoms with E-state index in [-0.39, 0.29) is 12.3 Å². The van der Waals surface area contributed by atoms with Crippen molar-refractivity contribution in [1.29, 1.82) is 0 Å². The summed E-state index contributed by atoms with van der Waals surface area (Å²) in [4.78, 5) is 29.5. The van der Waals surface area contributed by atoms with Crippen LogP contribution in [0, 0.1) is 13.8 Å². The molecule has 1 amide bonds. The standard InChI is InChI=1S/C22H21N5O3/c1-14-4-7-17(10-15(14)2)27-21-19(12-24-27)22(29)26(13-23-21)25-20(28)11-16-5-8-18(30-3)9-6-16/h4-10,12-13H,11H2,1-3H3,(H,25,28). The first-order valence-electron chi connectivity index (χ1n) is 9.42. The summed E-state index contributed by atoms with van der Waals surface area (Å²) in [6.45, 7) is 4.05. The van der Waals surface area contributed by atoms with E-state index >= 15 is 0 Å². The van der Waals surface area contributed by atoms with Gasteiger partial charge in [0.05, 0.1) is 25.4 Å². The maximum Gasteiger partial charge on any atom is 0.283 e. The van der Waals surface area contributed by atoms with Crippen LogP contribution >= 0.6 is 0 Å². The molecule has 2 aromatic carbocycles. The summed E-state index contributed by atoms with van der Waals surface area (Å²) < 4.78 is 7.81. The minimum atomic E-state index is -0.391. The fraction of sp³-hybridized carbons (Fsp3) is 0.182. The van der Waals surface area contributed by atoms with Crippen molar-refractivity contribution in [1.82, 2.24) is 19.4 Å². The number of carbonyl (C=O) groups excluding carboxylic acids is 1. The summed E-state index contributed by atoms with van der Waals surface area (Å²) in [7, 11) is 1.58. The van der Waals surface area contributed by atoms with Gasteiger partial charge in [-0.1, -0.05) is 18.2 Å². The number of aromatic nitrogens is 4. The molecule has 0 spiro atoms. The highest BCUT2D eigenvalue weighted by Crippen LogP contribution is 2.17. The number of hydrogen-bond donors (Lipinski definition) is 1. The Hall–Kier alpha value is -3.94. The van der Waals surface area contributed by atoms with E-state index in [4.69, 9.17) is 4.74 Å². The van der Waals surface area contributed by atoms with Crippen LogP contribution < -0.4 is 15.7 Å². The quantitative estimate of drug-likeness (QED) is 0.553. The van der Waals surface area contributed by atoms with Gasteiger partial charge in [-0.3, -0.25) is 15.0 Å². The van der Waals surface area contributed by atoms with Crippen molar-refractivity contribution in [3.8, 4) is 11.4 Å². The molecule has 4 aromatic rings. The molecule has 8 heteroatoms. The molecule has 0 saturated carbocycles. The van der Waals surface area contributed by atoms with Crippen LogP contribution in [0.5, 0.6) is 5.75 Å². The molecule has 2 heterocycles. The van der Waals surface area contributed by atoms with Crippen LogP contribution in [0.2, 0.25) is 0 Å². The lowest BCUT2D eigenvalue weighted by molar-refractivity contribution is -0.116. The van der Waals surface area contributed by atoms with Gasteiger partial charge in [0, 0.05) is 0 Å². The zero-order chi connectivity index (χ0) is 21.3. The average molecular weight is 403 g/mol. The highest BCUT2D eigenvalue weighted by Gasteiger charge is 2.13. The lowest BCUT2D eigenvalue weighted by Crippen LogP contribution is -2.34. The summed E-state index contributed by atoms with van der Waals surface area (Å²) in [6.07, 6.45) is 2.89. The van der Waals surface area contributed by atoms with E-state index in [1.807, 2.05) is 32.0 Å². The van der Waals surface area contributed by atoms with Crippen LogP contribution in [0.25, 0.3) is 16.7 Å². The number of methoxy groups -OCH3 is 1. The first-order valence-corrected chi connectivity index (χ1v) is 9.42. The molecule has 0 aliphatic carbocycles. The van der Waals surface area contributed by atoms with Crippen molar-refractivity contribution >= 4 is 16.9 Å². The Morgan fingerprint density at radius 1 is 1.10 bits per heavy atom.